The molecule has 1 N–H and O–H groups in total. The maximum Gasteiger partial charge on any atom is 0.220 e. The quantitative estimate of drug-likeness (QED) is 0.734. The van der Waals surface area contributed by atoms with Crippen molar-refractivity contribution in [2.24, 2.45) is 0 Å². The molecule has 0 spiro atoms. The van der Waals surface area contributed by atoms with Crippen LogP contribution in [0.5, 0.6) is 5.75 Å². The summed E-state index contributed by atoms with van der Waals surface area (Å²) in [6.07, 6.45) is 1.18. The second-order valence-corrected chi connectivity index (χ2v) is 4.64. The second-order valence-electron chi connectivity index (χ2n) is 4.64. The Labute approximate surface area is 115 Å². The average Bonchev–Trinajstić information content (AvgIpc) is 2.36. The lowest BCUT2D eigenvalue weighted by molar-refractivity contribution is -0.122. The molecular formula is C15H23NO3. The van der Waals surface area contributed by atoms with Gasteiger partial charge in [-0.15, -0.1) is 0 Å². The number of carbonyl (C=O) groups excluding carboxylic acids is 1. The molecule has 4 heteroatoms. The standard InChI is InChI=1S/C15H23NO3/c1-12-7-4-5-8-14(12)19-10-6-9-15(17)16-13(2)11-18-3/h4-5,7-8,13H,6,9-11H2,1-3H3,(H,16,17). The van der Waals surface area contributed by atoms with Gasteiger partial charge in [-0.1, -0.05) is 18.2 Å². The van der Waals surface area contributed by atoms with Gasteiger partial charge in [0.05, 0.1) is 13.2 Å². The van der Waals surface area contributed by atoms with Crippen LogP contribution in [0, 0.1) is 6.92 Å². The molecule has 1 aromatic carbocycles. The number of nitrogens with one attached hydrogen (secondary N) is 1. The number of methoxy groups -OCH3 is 1. The van der Waals surface area contributed by atoms with E-state index in [4.69, 9.17) is 9.47 Å². The molecule has 0 fully saturated rings. The Morgan fingerprint density at radius 1 is 1.37 bits per heavy atom. The number of aryl methyl sites for hydroxylation is 1. The van der Waals surface area contributed by atoms with E-state index in [1.54, 1.807) is 7.11 Å². The summed E-state index contributed by atoms with van der Waals surface area (Å²) >= 11 is 0. The van der Waals surface area contributed by atoms with Crippen LogP contribution in [-0.2, 0) is 9.53 Å². The van der Waals surface area contributed by atoms with Gasteiger partial charge in [-0.05, 0) is 31.9 Å². The van der Waals surface area contributed by atoms with Crippen molar-refractivity contribution >= 4 is 5.91 Å². The zero-order valence-electron chi connectivity index (χ0n) is 11.9. The Balaban J connectivity index is 2.17. The highest BCUT2D eigenvalue weighted by Crippen LogP contribution is 2.16. The first-order valence-corrected chi connectivity index (χ1v) is 6.60. The maximum atomic E-state index is 11.6. The minimum absolute atomic E-state index is 0.0398. The van der Waals surface area contributed by atoms with Crippen LogP contribution in [0.25, 0.3) is 0 Å². The van der Waals surface area contributed by atoms with Crippen molar-refractivity contribution in [1.29, 1.82) is 0 Å². The SMILES string of the molecule is COCC(C)NC(=O)CCCOc1ccccc1C. The minimum Gasteiger partial charge on any atom is -0.493 e. The number of rotatable bonds is 8. The van der Waals surface area contributed by atoms with Gasteiger partial charge in [0.2, 0.25) is 5.91 Å². The van der Waals surface area contributed by atoms with E-state index in [1.165, 1.54) is 0 Å². The van der Waals surface area contributed by atoms with Crippen molar-refractivity contribution in [3.63, 3.8) is 0 Å². The Kier molecular flexibility index (Phi) is 6.97. The van der Waals surface area contributed by atoms with E-state index < -0.39 is 0 Å². The first kappa shape index (κ1) is 15.5. The zero-order valence-corrected chi connectivity index (χ0v) is 11.9. The number of ether oxygens (including phenoxy) is 2. The highest BCUT2D eigenvalue weighted by atomic mass is 16.5. The third-order valence-electron chi connectivity index (χ3n) is 2.72. The monoisotopic (exact) mass is 265 g/mol. The average molecular weight is 265 g/mol. The predicted molar refractivity (Wildman–Crippen MR) is 75.4 cm³/mol. The van der Waals surface area contributed by atoms with Crippen LogP contribution in [0.1, 0.15) is 25.3 Å². The molecule has 0 saturated carbocycles. The van der Waals surface area contributed by atoms with E-state index in [0.717, 1.165) is 11.3 Å². The van der Waals surface area contributed by atoms with Crippen molar-refractivity contribution < 1.29 is 14.3 Å². The first-order valence-electron chi connectivity index (χ1n) is 6.60. The summed E-state index contributed by atoms with van der Waals surface area (Å²) in [6.45, 7) is 5.02. The lowest BCUT2D eigenvalue weighted by atomic mass is 10.2. The largest absolute Gasteiger partial charge is 0.493 e. The summed E-state index contributed by atoms with van der Waals surface area (Å²) in [6, 6.07) is 7.92. The molecule has 0 saturated heterocycles. The van der Waals surface area contributed by atoms with Crippen LogP contribution < -0.4 is 10.1 Å². The van der Waals surface area contributed by atoms with Gasteiger partial charge in [-0.3, -0.25) is 4.79 Å². The number of hydrogen-bond donors (Lipinski definition) is 1. The molecule has 1 amide bonds. The van der Waals surface area contributed by atoms with Crippen LogP contribution in [-0.4, -0.2) is 32.3 Å². The summed E-state index contributed by atoms with van der Waals surface area (Å²) in [5.74, 6) is 0.925. The summed E-state index contributed by atoms with van der Waals surface area (Å²) in [4.78, 5) is 11.6. The summed E-state index contributed by atoms with van der Waals surface area (Å²) in [5, 5.41) is 2.87. The third-order valence-corrected chi connectivity index (χ3v) is 2.72. The van der Waals surface area contributed by atoms with Crippen LogP contribution >= 0.6 is 0 Å². The minimum atomic E-state index is 0.0398. The van der Waals surface area contributed by atoms with E-state index in [2.05, 4.69) is 5.32 Å². The molecule has 1 unspecified atom stereocenters. The number of para-hydroxylation sites is 1. The molecule has 106 valence electrons. The van der Waals surface area contributed by atoms with Gasteiger partial charge in [0.1, 0.15) is 5.75 Å². The van der Waals surface area contributed by atoms with Gasteiger partial charge in [-0.2, -0.15) is 0 Å². The molecule has 0 aromatic heterocycles. The van der Waals surface area contributed by atoms with Gasteiger partial charge >= 0.3 is 0 Å². The summed E-state index contributed by atoms with van der Waals surface area (Å²) in [5.41, 5.74) is 1.11. The Morgan fingerprint density at radius 3 is 2.79 bits per heavy atom. The van der Waals surface area contributed by atoms with Gasteiger partial charge in [0.25, 0.3) is 0 Å². The van der Waals surface area contributed by atoms with Crippen LogP contribution in [0.3, 0.4) is 0 Å². The molecule has 1 rings (SSSR count). The number of hydrogen-bond acceptors (Lipinski definition) is 3. The Morgan fingerprint density at radius 2 is 2.11 bits per heavy atom. The molecule has 19 heavy (non-hydrogen) atoms. The third kappa shape index (κ3) is 6.25. The number of benzene rings is 1. The first-order chi connectivity index (χ1) is 9.13. The van der Waals surface area contributed by atoms with Crippen molar-refractivity contribution in [2.45, 2.75) is 32.7 Å². The van der Waals surface area contributed by atoms with E-state index in [1.807, 2.05) is 38.1 Å². The molecule has 0 radical (unpaired) electrons. The van der Waals surface area contributed by atoms with E-state index in [-0.39, 0.29) is 11.9 Å². The normalized spacial score (nSPS) is 11.9. The summed E-state index contributed by atoms with van der Waals surface area (Å²) in [7, 11) is 1.62. The van der Waals surface area contributed by atoms with E-state index >= 15 is 0 Å². The molecular weight excluding hydrogens is 242 g/mol. The fourth-order valence-electron chi connectivity index (χ4n) is 1.77. The fourth-order valence-corrected chi connectivity index (χ4v) is 1.77. The van der Waals surface area contributed by atoms with Crippen LogP contribution in [0.2, 0.25) is 0 Å². The molecule has 0 aliphatic heterocycles. The molecule has 1 aromatic rings. The van der Waals surface area contributed by atoms with Gasteiger partial charge < -0.3 is 14.8 Å². The highest BCUT2D eigenvalue weighted by Gasteiger charge is 2.06. The maximum absolute atomic E-state index is 11.6. The van der Waals surface area contributed by atoms with Crippen molar-refractivity contribution in [3.05, 3.63) is 29.8 Å². The Hall–Kier alpha value is -1.55. The fraction of sp³-hybridized carbons (Fsp3) is 0.533. The molecule has 1 atom stereocenters. The van der Waals surface area contributed by atoms with E-state index in [9.17, 15) is 4.79 Å². The molecule has 0 heterocycles. The lowest BCUT2D eigenvalue weighted by Crippen LogP contribution is -2.35. The zero-order chi connectivity index (χ0) is 14.1. The van der Waals surface area contributed by atoms with Gasteiger partial charge in [-0.25, -0.2) is 0 Å². The molecule has 0 aliphatic rings. The van der Waals surface area contributed by atoms with Crippen molar-refractivity contribution in [2.75, 3.05) is 20.3 Å². The van der Waals surface area contributed by atoms with E-state index in [0.29, 0.717) is 26.1 Å². The van der Waals surface area contributed by atoms with Crippen LogP contribution in [0.15, 0.2) is 24.3 Å². The number of amides is 1. The molecule has 4 nitrogen and oxygen atoms in total. The number of carbonyl (C=O) groups is 1. The molecule has 0 aliphatic carbocycles. The second kappa shape index (κ2) is 8.53. The predicted octanol–water partition coefficient (Wildman–Crippen LogP) is 2.31. The lowest BCUT2D eigenvalue weighted by Gasteiger charge is -2.13. The topological polar surface area (TPSA) is 47.6 Å². The molecule has 0 bridgehead atoms. The summed E-state index contributed by atoms with van der Waals surface area (Å²) < 4.78 is 10.6. The van der Waals surface area contributed by atoms with Crippen LogP contribution in [0.4, 0.5) is 0 Å². The van der Waals surface area contributed by atoms with Crippen molar-refractivity contribution in [1.82, 2.24) is 5.32 Å². The Bertz CT molecular complexity index is 393. The van der Waals surface area contributed by atoms with Crippen molar-refractivity contribution in [3.8, 4) is 5.75 Å². The van der Waals surface area contributed by atoms with Gasteiger partial charge in [0, 0.05) is 19.6 Å². The highest BCUT2D eigenvalue weighted by molar-refractivity contribution is 5.76. The van der Waals surface area contributed by atoms with Gasteiger partial charge in [0.15, 0.2) is 0 Å². The smallest absolute Gasteiger partial charge is 0.220 e.